The topological polar surface area (TPSA) is 101 Å². The lowest BCUT2D eigenvalue weighted by Gasteiger charge is -2.17. The van der Waals surface area contributed by atoms with Crippen molar-refractivity contribution < 1.29 is 27.6 Å². The van der Waals surface area contributed by atoms with Crippen molar-refractivity contribution in [3.63, 3.8) is 0 Å². The summed E-state index contributed by atoms with van der Waals surface area (Å²) >= 11 is 0. The number of aliphatic hydroxyl groups is 1. The number of hydrogen-bond acceptors (Lipinski definition) is 5. The summed E-state index contributed by atoms with van der Waals surface area (Å²) in [4.78, 5) is 10.8. The van der Waals surface area contributed by atoms with E-state index in [0.29, 0.717) is 0 Å². The normalized spacial score (nSPS) is 30.0. The van der Waals surface area contributed by atoms with Crippen LogP contribution in [0.5, 0.6) is 0 Å². The van der Waals surface area contributed by atoms with E-state index in [1.807, 2.05) is 0 Å². The van der Waals surface area contributed by atoms with Crippen molar-refractivity contribution in [1.82, 2.24) is 0 Å². The van der Waals surface area contributed by atoms with Crippen molar-refractivity contribution >= 4 is 15.9 Å². The lowest BCUT2D eigenvalue weighted by Crippen LogP contribution is -2.39. The van der Waals surface area contributed by atoms with Crippen molar-refractivity contribution in [2.45, 2.75) is 11.5 Å². The molecule has 0 bridgehead atoms. The zero-order valence-corrected chi connectivity index (χ0v) is 6.56. The molecule has 6 nitrogen and oxygen atoms in total. The van der Waals surface area contributed by atoms with Crippen molar-refractivity contribution in [2.75, 3.05) is 0 Å². The maximum atomic E-state index is 10.8. The number of hydrogen-bond donors (Lipinski definition) is 2. The predicted octanol–water partition coefficient (Wildman–Crippen LogP) is -1.33. The molecule has 0 saturated heterocycles. The fourth-order valence-electron chi connectivity index (χ4n) is 0.740. The van der Waals surface area contributed by atoms with Crippen LogP contribution in [0.25, 0.3) is 0 Å². The number of carbonyl (C=O) groups is 1. The van der Waals surface area contributed by atoms with Crippen molar-refractivity contribution in [2.24, 2.45) is 0 Å². The molecule has 12 heavy (non-hydrogen) atoms. The average Bonchev–Trinajstić information content (AvgIpc) is 1.92. The van der Waals surface area contributed by atoms with E-state index < -0.39 is 27.4 Å². The van der Waals surface area contributed by atoms with Gasteiger partial charge in [-0.25, -0.2) is 0 Å². The van der Waals surface area contributed by atoms with Crippen LogP contribution in [0.15, 0.2) is 12.3 Å². The number of carbonyl (C=O) groups excluding carboxylic acids is 1. The Kier molecular flexibility index (Phi) is 2.18. The number of rotatable bonds is 1. The summed E-state index contributed by atoms with van der Waals surface area (Å²) in [6, 6.07) is 0. The van der Waals surface area contributed by atoms with Crippen LogP contribution in [0.4, 0.5) is 0 Å². The zero-order valence-electron chi connectivity index (χ0n) is 5.75. The molecule has 1 aliphatic rings. The summed E-state index contributed by atoms with van der Waals surface area (Å²) in [5, 5.41) is 6.99. The molecule has 2 unspecified atom stereocenters. The fourth-order valence-corrected chi connectivity index (χ4v) is 1.41. The van der Waals surface area contributed by atoms with Gasteiger partial charge in [0.05, 0.1) is 6.26 Å². The smallest absolute Gasteiger partial charge is 0.279 e. The van der Waals surface area contributed by atoms with Gasteiger partial charge in [0.15, 0.2) is 5.25 Å². The highest BCUT2D eigenvalue weighted by Gasteiger charge is 2.36. The molecule has 0 aromatic carbocycles. The molecule has 1 rings (SSSR count). The zero-order chi connectivity index (χ0) is 9.35. The molecule has 0 spiro atoms. The highest BCUT2D eigenvalue weighted by molar-refractivity contribution is 7.87. The molecule has 2 N–H and O–H groups in total. The van der Waals surface area contributed by atoms with Gasteiger partial charge in [-0.15, -0.1) is 0 Å². The first-order valence-corrected chi connectivity index (χ1v) is 4.43. The van der Waals surface area contributed by atoms with Gasteiger partial charge in [-0.1, -0.05) is 0 Å². The van der Waals surface area contributed by atoms with Crippen molar-refractivity contribution in [3.05, 3.63) is 12.3 Å². The third-order valence-electron chi connectivity index (χ3n) is 1.31. The Hall–Kier alpha value is -0.920. The molecule has 0 amide bonds. The maximum Gasteiger partial charge on any atom is 0.279 e. The standard InChI is InChI=1S/C5H6O6S/c6-4-3(12(8,9)10)1-2-11-5(4)7/h1-3,5,7H,(H,8,9,10). The molecule has 0 radical (unpaired) electrons. The molecule has 68 valence electrons. The Balaban J connectivity index is 3.00. The van der Waals surface area contributed by atoms with Gasteiger partial charge in [0.2, 0.25) is 5.78 Å². The Morgan fingerprint density at radius 2 is 2.08 bits per heavy atom. The number of aliphatic hydroxyl groups excluding tert-OH is 1. The third-order valence-corrected chi connectivity index (χ3v) is 2.34. The lowest BCUT2D eigenvalue weighted by atomic mass is 10.2. The van der Waals surface area contributed by atoms with E-state index in [0.717, 1.165) is 12.3 Å². The maximum absolute atomic E-state index is 10.8. The Labute approximate surface area is 68.2 Å². The van der Waals surface area contributed by atoms with Gasteiger partial charge >= 0.3 is 0 Å². The molecule has 1 heterocycles. The van der Waals surface area contributed by atoms with E-state index in [9.17, 15) is 13.2 Å². The van der Waals surface area contributed by atoms with Gasteiger partial charge < -0.3 is 9.84 Å². The summed E-state index contributed by atoms with van der Waals surface area (Å²) < 4.78 is 33.6. The van der Waals surface area contributed by atoms with Gasteiger partial charge in [-0.2, -0.15) is 8.42 Å². The first-order chi connectivity index (χ1) is 5.43. The van der Waals surface area contributed by atoms with E-state index in [4.69, 9.17) is 9.66 Å². The van der Waals surface area contributed by atoms with E-state index in [1.54, 1.807) is 0 Å². The van der Waals surface area contributed by atoms with Gasteiger partial charge in [0.1, 0.15) is 0 Å². The monoisotopic (exact) mass is 194 g/mol. The molecular weight excluding hydrogens is 188 g/mol. The molecule has 7 heteroatoms. The van der Waals surface area contributed by atoms with Crippen LogP contribution in [0.2, 0.25) is 0 Å². The van der Waals surface area contributed by atoms with Crippen molar-refractivity contribution in [1.29, 1.82) is 0 Å². The quantitative estimate of drug-likeness (QED) is 0.502. The van der Waals surface area contributed by atoms with Crippen LogP contribution >= 0.6 is 0 Å². The van der Waals surface area contributed by atoms with Gasteiger partial charge in [0.25, 0.3) is 16.4 Å². The first-order valence-electron chi connectivity index (χ1n) is 2.93. The number of Topliss-reactive ketones (excluding diaryl/α,β-unsaturated/α-hetero) is 1. The van der Waals surface area contributed by atoms with Gasteiger partial charge in [-0.05, 0) is 6.08 Å². The van der Waals surface area contributed by atoms with Crippen LogP contribution < -0.4 is 0 Å². The van der Waals surface area contributed by atoms with E-state index >= 15 is 0 Å². The molecule has 0 saturated carbocycles. The summed E-state index contributed by atoms with van der Waals surface area (Å²) in [5.74, 6) is -1.10. The molecule has 0 fully saturated rings. The lowest BCUT2D eigenvalue weighted by molar-refractivity contribution is -0.147. The SMILES string of the molecule is O=C1C(O)OC=CC1S(=O)(=O)O. The predicted molar refractivity (Wildman–Crippen MR) is 36.6 cm³/mol. The highest BCUT2D eigenvalue weighted by atomic mass is 32.2. The highest BCUT2D eigenvalue weighted by Crippen LogP contribution is 2.11. The minimum absolute atomic E-state index is 0.852. The molecular formula is C5H6O6S. The summed E-state index contributed by atoms with van der Waals surface area (Å²) in [7, 11) is -4.48. The molecule has 0 aliphatic carbocycles. The Morgan fingerprint density at radius 3 is 2.50 bits per heavy atom. The average molecular weight is 194 g/mol. The number of ketones is 1. The summed E-state index contributed by atoms with van der Waals surface area (Å²) in [5.41, 5.74) is 0. The van der Waals surface area contributed by atoms with Gasteiger partial charge in [-0.3, -0.25) is 9.35 Å². The second kappa shape index (κ2) is 2.85. The Morgan fingerprint density at radius 1 is 1.50 bits per heavy atom. The number of ether oxygens (including phenoxy) is 1. The van der Waals surface area contributed by atoms with Crippen LogP contribution in [0.1, 0.15) is 0 Å². The largest absolute Gasteiger partial charge is 0.465 e. The van der Waals surface area contributed by atoms with Crippen LogP contribution in [-0.4, -0.2) is 35.4 Å². The molecule has 1 aliphatic heterocycles. The minimum Gasteiger partial charge on any atom is -0.465 e. The first kappa shape index (κ1) is 9.17. The second-order valence-electron chi connectivity index (χ2n) is 2.15. The van der Waals surface area contributed by atoms with Crippen LogP contribution in [-0.2, 0) is 19.6 Å². The molecule has 0 aromatic heterocycles. The Bertz CT molecular complexity index is 315. The van der Waals surface area contributed by atoms with E-state index in [2.05, 4.69) is 4.74 Å². The van der Waals surface area contributed by atoms with E-state index in [-0.39, 0.29) is 0 Å². The molecule has 0 aromatic rings. The molecule has 2 atom stereocenters. The summed E-state index contributed by atoms with van der Waals surface area (Å²) in [6.45, 7) is 0. The summed E-state index contributed by atoms with van der Waals surface area (Å²) in [6.07, 6.45) is -0.114. The van der Waals surface area contributed by atoms with Crippen LogP contribution in [0, 0.1) is 0 Å². The van der Waals surface area contributed by atoms with Gasteiger partial charge in [0, 0.05) is 0 Å². The van der Waals surface area contributed by atoms with Crippen LogP contribution in [0.3, 0.4) is 0 Å². The fraction of sp³-hybridized carbons (Fsp3) is 0.400. The third kappa shape index (κ3) is 1.63. The van der Waals surface area contributed by atoms with Crippen molar-refractivity contribution in [3.8, 4) is 0 Å². The minimum atomic E-state index is -4.48. The second-order valence-corrected chi connectivity index (χ2v) is 3.69. The van der Waals surface area contributed by atoms with E-state index in [1.165, 1.54) is 0 Å².